The number of rotatable bonds is 8. The SMILES string of the molecule is O=C(O)c1c[nH]c2nc(N3CCC(NC[C@H](O)[C@@H](O)[C@H](O)CO)C3)c(F)cc2c1=O. The number of carboxylic acid groups (broad SMARTS) is 1. The number of carboxylic acids is 1. The lowest BCUT2D eigenvalue weighted by Gasteiger charge is -2.24. The van der Waals surface area contributed by atoms with E-state index in [0.29, 0.717) is 19.5 Å². The zero-order chi connectivity index (χ0) is 22.0. The molecule has 30 heavy (non-hydrogen) atoms. The Morgan fingerprint density at radius 3 is 2.77 bits per heavy atom. The van der Waals surface area contributed by atoms with Crippen LogP contribution < -0.4 is 15.6 Å². The highest BCUT2D eigenvalue weighted by Gasteiger charge is 2.29. The molecule has 0 aliphatic carbocycles. The quantitative estimate of drug-likeness (QED) is 0.250. The molecule has 2 aromatic heterocycles. The number of aromatic nitrogens is 2. The molecule has 0 bridgehead atoms. The van der Waals surface area contributed by atoms with Crippen LogP contribution in [-0.2, 0) is 0 Å². The van der Waals surface area contributed by atoms with Crippen LogP contribution in [0.15, 0.2) is 17.1 Å². The van der Waals surface area contributed by atoms with Crippen molar-refractivity contribution in [3.8, 4) is 0 Å². The standard InChI is InChI=1S/C18H23FN4O7/c19-11-3-9-14(27)10(18(29)30)4-21-16(9)22-17(11)23-2-1-8(6-23)20-5-12(25)15(28)13(26)7-24/h3-4,8,12-13,15,20,24-26,28H,1-2,5-7H2,(H,29,30)(H,21,22,27)/t8?,12-,13+,15+/m0/s1. The van der Waals surface area contributed by atoms with Gasteiger partial charge in [-0.25, -0.2) is 14.2 Å². The number of aliphatic hydroxyl groups is 4. The van der Waals surface area contributed by atoms with Crippen LogP contribution >= 0.6 is 0 Å². The molecular weight excluding hydrogens is 403 g/mol. The van der Waals surface area contributed by atoms with Crippen molar-refractivity contribution in [1.29, 1.82) is 0 Å². The second kappa shape index (κ2) is 9.02. The smallest absolute Gasteiger partial charge is 0.341 e. The molecule has 12 heteroatoms. The summed E-state index contributed by atoms with van der Waals surface area (Å²) >= 11 is 0. The number of hydrogen-bond donors (Lipinski definition) is 7. The highest BCUT2D eigenvalue weighted by Crippen LogP contribution is 2.24. The molecule has 11 nitrogen and oxygen atoms in total. The van der Waals surface area contributed by atoms with Crippen molar-refractivity contribution in [3.63, 3.8) is 0 Å². The predicted molar refractivity (Wildman–Crippen MR) is 103 cm³/mol. The van der Waals surface area contributed by atoms with Crippen LogP contribution in [-0.4, -0.2) is 92.1 Å². The number of aliphatic hydroxyl groups excluding tert-OH is 4. The van der Waals surface area contributed by atoms with Gasteiger partial charge in [0.15, 0.2) is 11.6 Å². The Morgan fingerprint density at radius 2 is 2.10 bits per heavy atom. The molecule has 1 saturated heterocycles. The third-order valence-electron chi connectivity index (χ3n) is 5.11. The number of carbonyl (C=O) groups is 1. The Balaban J connectivity index is 1.70. The van der Waals surface area contributed by atoms with Gasteiger partial charge in [0.25, 0.3) is 0 Å². The summed E-state index contributed by atoms with van der Waals surface area (Å²) in [5.41, 5.74) is -1.27. The maximum atomic E-state index is 14.6. The van der Waals surface area contributed by atoms with Crippen molar-refractivity contribution in [2.24, 2.45) is 0 Å². The summed E-state index contributed by atoms with van der Waals surface area (Å²) < 4.78 is 14.6. The first-order valence-electron chi connectivity index (χ1n) is 9.31. The van der Waals surface area contributed by atoms with Gasteiger partial charge in [-0.15, -0.1) is 0 Å². The Morgan fingerprint density at radius 1 is 1.37 bits per heavy atom. The molecule has 0 amide bonds. The van der Waals surface area contributed by atoms with Crippen LogP contribution in [0, 0.1) is 5.82 Å². The minimum absolute atomic E-state index is 0.00168. The van der Waals surface area contributed by atoms with E-state index in [1.807, 2.05) is 0 Å². The van der Waals surface area contributed by atoms with Gasteiger partial charge in [-0.05, 0) is 12.5 Å². The summed E-state index contributed by atoms with van der Waals surface area (Å²) in [6.45, 7) is 0.0364. The second-order valence-corrected chi connectivity index (χ2v) is 7.17. The van der Waals surface area contributed by atoms with E-state index in [-0.39, 0.29) is 29.4 Å². The molecule has 3 rings (SSSR count). The summed E-state index contributed by atoms with van der Waals surface area (Å²) in [5, 5.41) is 49.6. The molecule has 2 aromatic rings. The van der Waals surface area contributed by atoms with E-state index in [1.165, 1.54) is 0 Å². The van der Waals surface area contributed by atoms with Crippen LogP contribution in [0.25, 0.3) is 11.0 Å². The van der Waals surface area contributed by atoms with E-state index in [0.717, 1.165) is 12.3 Å². The Bertz CT molecular complexity index is 985. The number of aromatic carboxylic acids is 1. The fraction of sp³-hybridized carbons (Fsp3) is 0.500. The molecule has 0 radical (unpaired) electrons. The summed E-state index contributed by atoms with van der Waals surface area (Å²) in [4.78, 5) is 31.6. The van der Waals surface area contributed by atoms with Gasteiger partial charge in [-0.2, -0.15) is 0 Å². The molecule has 1 fully saturated rings. The van der Waals surface area contributed by atoms with Gasteiger partial charge in [0.1, 0.15) is 23.4 Å². The molecule has 4 atom stereocenters. The van der Waals surface area contributed by atoms with Crippen molar-refractivity contribution in [2.45, 2.75) is 30.8 Å². The molecule has 3 heterocycles. The number of H-pyrrole nitrogens is 1. The topological polar surface area (TPSA) is 179 Å². The maximum Gasteiger partial charge on any atom is 0.341 e. The second-order valence-electron chi connectivity index (χ2n) is 7.17. The maximum absolute atomic E-state index is 14.6. The molecule has 7 N–H and O–H groups in total. The van der Waals surface area contributed by atoms with Gasteiger partial charge >= 0.3 is 5.97 Å². The van der Waals surface area contributed by atoms with Gasteiger partial charge in [0, 0.05) is 31.9 Å². The highest BCUT2D eigenvalue weighted by atomic mass is 19.1. The number of fused-ring (bicyclic) bond motifs is 1. The number of anilines is 1. The summed E-state index contributed by atoms with van der Waals surface area (Å²) in [5.74, 6) is -2.19. The third kappa shape index (κ3) is 4.42. The van der Waals surface area contributed by atoms with Crippen LogP contribution in [0.2, 0.25) is 0 Å². The van der Waals surface area contributed by atoms with Crippen LogP contribution in [0.5, 0.6) is 0 Å². The van der Waals surface area contributed by atoms with E-state index in [9.17, 15) is 29.3 Å². The third-order valence-corrected chi connectivity index (χ3v) is 5.11. The van der Waals surface area contributed by atoms with E-state index in [4.69, 9.17) is 10.2 Å². The molecule has 1 unspecified atom stereocenters. The number of aromatic amines is 1. The van der Waals surface area contributed by atoms with Gasteiger partial charge in [-0.3, -0.25) is 4.79 Å². The van der Waals surface area contributed by atoms with Crippen molar-refractivity contribution in [2.75, 3.05) is 31.1 Å². The average Bonchev–Trinajstić information content (AvgIpc) is 3.19. The largest absolute Gasteiger partial charge is 0.477 e. The molecule has 1 aliphatic heterocycles. The summed E-state index contributed by atoms with van der Waals surface area (Å²) in [6, 6.07) is 0.795. The van der Waals surface area contributed by atoms with Crippen LogP contribution in [0.3, 0.4) is 0 Å². The number of nitrogens with zero attached hydrogens (tertiary/aromatic N) is 2. The predicted octanol–water partition coefficient (Wildman–Crippen LogP) is -2.00. The molecule has 1 aliphatic rings. The molecule has 0 aromatic carbocycles. The van der Waals surface area contributed by atoms with Gasteiger partial charge in [0.2, 0.25) is 5.43 Å². The fourth-order valence-electron chi connectivity index (χ4n) is 3.39. The minimum Gasteiger partial charge on any atom is -0.477 e. The normalized spacial score (nSPS) is 19.8. The minimum atomic E-state index is -1.51. The highest BCUT2D eigenvalue weighted by molar-refractivity contribution is 5.91. The van der Waals surface area contributed by atoms with Crippen molar-refractivity contribution in [3.05, 3.63) is 33.9 Å². The van der Waals surface area contributed by atoms with Gasteiger partial charge < -0.3 is 40.7 Å². The summed E-state index contributed by atoms with van der Waals surface area (Å²) in [6.07, 6.45) is -2.67. The van der Waals surface area contributed by atoms with Crippen molar-refractivity contribution < 1.29 is 34.7 Å². The van der Waals surface area contributed by atoms with Crippen molar-refractivity contribution >= 4 is 22.8 Å². The number of nitrogens with one attached hydrogen (secondary N) is 2. The Labute approximate surface area is 169 Å². The first-order valence-corrected chi connectivity index (χ1v) is 9.31. The lowest BCUT2D eigenvalue weighted by atomic mass is 10.1. The van der Waals surface area contributed by atoms with Crippen LogP contribution in [0.1, 0.15) is 16.8 Å². The van der Waals surface area contributed by atoms with E-state index in [1.54, 1.807) is 4.90 Å². The lowest BCUT2D eigenvalue weighted by Crippen LogP contribution is -2.47. The Hall–Kier alpha value is -2.64. The summed E-state index contributed by atoms with van der Waals surface area (Å²) in [7, 11) is 0. The van der Waals surface area contributed by atoms with Crippen LogP contribution in [0.4, 0.5) is 10.2 Å². The zero-order valence-corrected chi connectivity index (χ0v) is 15.8. The molecule has 0 saturated carbocycles. The van der Waals surface area contributed by atoms with E-state index in [2.05, 4.69) is 15.3 Å². The average molecular weight is 426 g/mol. The molecule has 164 valence electrons. The molecule has 0 spiro atoms. The van der Waals surface area contributed by atoms with Gasteiger partial charge in [0.05, 0.1) is 18.1 Å². The first kappa shape index (κ1) is 22.1. The first-order chi connectivity index (χ1) is 14.2. The fourth-order valence-corrected chi connectivity index (χ4v) is 3.39. The monoisotopic (exact) mass is 426 g/mol. The Kier molecular flexibility index (Phi) is 6.63. The lowest BCUT2D eigenvalue weighted by molar-refractivity contribution is -0.0754. The number of halogens is 1. The van der Waals surface area contributed by atoms with Gasteiger partial charge in [-0.1, -0.05) is 0 Å². The molecular formula is C18H23FN4O7. The zero-order valence-electron chi connectivity index (χ0n) is 15.8. The number of pyridine rings is 2. The van der Waals surface area contributed by atoms with E-state index >= 15 is 0 Å². The number of hydrogen-bond acceptors (Lipinski definition) is 9. The van der Waals surface area contributed by atoms with Crippen molar-refractivity contribution in [1.82, 2.24) is 15.3 Å². The van der Waals surface area contributed by atoms with E-state index < -0.39 is 47.7 Å².